The van der Waals surface area contributed by atoms with Crippen molar-refractivity contribution in [1.82, 2.24) is 5.32 Å². The molecule has 1 aromatic carbocycles. The Morgan fingerprint density at radius 2 is 2.32 bits per heavy atom. The summed E-state index contributed by atoms with van der Waals surface area (Å²) in [5.41, 5.74) is 0.383. The third kappa shape index (κ3) is 2.66. The average molecular weight is 293 g/mol. The first-order chi connectivity index (χ1) is 9.22. The van der Waals surface area contributed by atoms with E-state index < -0.39 is 0 Å². The molecule has 0 bridgehead atoms. The zero-order chi connectivity index (χ0) is 13.2. The van der Waals surface area contributed by atoms with Crippen LogP contribution in [0.4, 0.5) is 4.39 Å². The van der Waals surface area contributed by atoms with Crippen molar-refractivity contribution in [3.63, 3.8) is 0 Å². The van der Waals surface area contributed by atoms with Gasteiger partial charge < -0.3 is 5.32 Å². The van der Waals surface area contributed by atoms with Crippen LogP contribution in [-0.4, -0.2) is 23.0 Å². The Kier molecular flexibility index (Phi) is 3.31. The molecule has 2 aromatic rings. The quantitative estimate of drug-likeness (QED) is 0.683. The summed E-state index contributed by atoms with van der Waals surface area (Å²) in [6, 6.07) is 5.08. The van der Waals surface area contributed by atoms with Crippen LogP contribution in [0.3, 0.4) is 0 Å². The van der Waals surface area contributed by atoms with E-state index in [0.29, 0.717) is 16.5 Å². The van der Waals surface area contributed by atoms with E-state index in [4.69, 9.17) is 0 Å². The Morgan fingerprint density at radius 3 is 3.11 bits per heavy atom. The van der Waals surface area contributed by atoms with Gasteiger partial charge >= 0.3 is 0 Å². The predicted octanol–water partition coefficient (Wildman–Crippen LogP) is 2.59. The first-order valence-electron chi connectivity index (χ1n) is 5.43. The van der Waals surface area contributed by atoms with E-state index in [1.807, 2.05) is 11.4 Å². The lowest BCUT2D eigenvalue weighted by atomic mass is 10.2. The van der Waals surface area contributed by atoms with Crippen molar-refractivity contribution in [3.8, 4) is 0 Å². The molecule has 1 N–H and O–H groups in total. The Hall–Kier alpha value is -1.73. The van der Waals surface area contributed by atoms with Gasteiger partial charge in [-0.1, -0.05) is 11.8 Å². The summed E-state index contributed by atoms with van der Waals surface area (Å²) < 4.78 is 14.7. The summed E-state index contributed by atoms with van der Waals surface area (Å²) in [6.07, 6.45) is 1.35. The van der Waals surface area contributed by atoms with Gasteiger partial charge in [0.2, 0.25) is 5.91 Å². The van der Waals surface area contributed by atoms with Crippen LogP contribution in [0.25, 0.3) is 10.1 Å². The number of benzene rings is 1. The highest BCUT2D eigenvalue weighted by Gasteiger charge is 2.15. The van der Waals surface area contributed by atoms with E-state index in [-0.39, 0.29) is 11.7 Å². The number of nitrogens with one attached hydrogen (secondary N) is 1. The predicted molar refractivity (Wildman–Crippen MR) is 77.4 cm³/mol. The Labute approximate surface area is 116 Å². The van der Waals surface area contributed by atoms with E-state index >= 15 is 0 Å². The van der Waals surface area contributed by atoms with E-state index in [9.17, 15) is 9.18 Å². The molecule has 1 aliphatic rings. The topological polar surface area (TPSA) is 53.8 Å². The van der Waals surface area contributed by atoms with E-state index in [1.54, 1.807) is 17.4 Å². The van der Waals surface area contributed by atoms with Crippen LogP contribution in [0.15, 0.2) is 33.8 Å². The maximum Gasteiger partial charge on any atom is 0.236 e. The van der Waals surface area contributed by atoms with Crippen LogP contribution < -0.4 is 5.32 Å². The molecule has 3 rings (SSSR count). The molecule has 2 heterocycles. The molecule has 19 heavy (non-hydrogen) atoms. The number of fused-ring (bicyclic) bond motifs is 1. The molecule has 0 atom stereocenters. The van der Waals surface area contributed by atoms with Crippen molar-refractivity contribution >= 4 is 50.5 Å². The van der Waals surface area contributed by atoms with Crippen molar-refractivity contribution < 1.29 is 9.18 Å². The average Bonchev–Trinajstić information content (AvgIpc) is 2.98. The van der Waals surface area contributed by atoms with Crippen molar-refractivity contribution in [2.45, 2.75) is 0 Å². The molecule has 1 aliphatic heterocycles. The van der Waals surface area contributed by atoms with E-state index in [0.717, 1.165) is 10.1 Å². The first kappa shape index (κ1) is 12.3. The summed E-state index contributed by atoms with van der Waals surface area (Å²) in [4.78, 5) is 10.9. The van der Waals surface area contributed by atoms with Crippen molar-refractivity contribution in [2.75, 3.05) is 5.75 Å². The van der Waals surface area contributed by atoms with Gasteiger partial charge in [0.25, 0.3) is 0 Å². The van der Waals surface area contributed by atoms with Gasteiger partial charge in [-0.25, -0.2) is 4.39 Å². The Bertz CT molecular complexity index is 708. The van der Waals surface area contributed by atoms with Crippen LogP contribution in [0.2, 0.25) is 0 Å². The number of amides is 1. The van der Waals surface area contributed by atoms with Crippen molar-refractivity contribution in [2.24, 2.45) is 10.2 Å². The standard InChI is InChI=1S/C12H8FN3OS2/c13-9-3-7-1-2-18-10(7)4-8(9)5-14-16-12-15-11(17)6-19-12/h1-5H,6H2,(H,15,16,17). The third-order valence-corrected chi connectivity index (χ3v) is 4.25. The molecule has 1 fully saturated rings. The maximum atomic E-state index is 13.7. The SMILES string of the molecule is O=C1CSC(=NN=Cc2cc3sccc3cc2F)N1. The number of halogens is 1. The number of thioether (sulfide) groups is 1. The fourth-order valence-electron chi connectivity index (χ4n) is 1.62. The summed E-state index contributed by atoms with van der Waals surface area (Å²) in [6.45, 7) is 0. The number of rotatable bonds is 2. The third-order valence-electron chi connectivity index (χ3n) is 2.50. The zero-order valence-electron chi connectivity index (χ0n) is 9.59. The molecular formula is C12H8FN3OS2. The molecule has 0 radical (unpaired) electrons. The minimum atomic E-state index is -0.335. The van der Waals surface area contributed by atoms with Crippen LogP contribution in [0.1, 0.15) is 5.56 Å². The summed E-state index contributed by atoms with van der Waals surface area (Å²) in [7, 11) is 0. The Morgan fingerprint density at radius 1 is 1.42 bits per heavy atom. The number of nitrogens with zero attached hydrogens (tertiary/aromatic N) is 2. The van der Waals surface area contributed by atoms with Crippen molar-refractivity contribution in [1.29, 1.82) is 0 Å². The monoisotopic (exact) mass is 293 g/mol. The van der Waals surface area contributed by atoms with Gasteiger partial charge in [-0.3, -0.25) is 4.79 Å². The normalized spacial score (nSPS) is 17.7. The minimum absolute atomic E-state index is 0.0925. The molecule has 1 saturated heterocycles. The first-order valence-corrected chi connectivity index (χ1v) is 7.29. The fourth-order valence-corrected chi connectivity index (χ4v) is 3.07. The largest absolute Gasteiger partial charge is 0.303 e. The van der Waals surface area contributed by atoms with Crippen LogP contribution >= 0.6 is 23.1 Å². The summed E-state index contributed by atoms with van der Waals surface area (Å²) in [5.74, 6) is -0.0766. The van der Waals surface area contributed by atoms with Gasteiger partial charge in [0, 0.05) is 10.3 Å². The van der Waals surface area contributed by atoms with Gasteiger partial charge in [-0.05, 0) is 29.0 Å². The van der Waals surface area contributed by atoms with E-state index in [1.165, 1.54) is 24.0 Å². The zero-order valence-corrected chi connectivity index (χ0v) is 11.2. The van der Waals surface area contributed by atoms with Crippen LogP contribution in [-0.2, 0) is 4.79 Å². The highest BCUT2D eigenvalue weighted by atomic mass is 32.2. The molecule has 96 valence electrons. The molecule has 1 amide bonds. The van der Waals surface area contributed by atoms with Crippen molar-refractivity contribution in [3.05, 3.63) is 35.0 Å². The second-order valence-corrected chi connectivity index (χ2v) is 5.73. The number of hydrogen-bond donors (Lipinski definition) is 1. The molecule has 0 saturated carbocycles. The number of hydrogen-bond acceptors (Lipinski definition) is 5. The molecule has 1 aromatic heterocycles. The smallest absolute Gasteiger partial charge is 0.236 e. The summed E-state index contributed by atoms with van der Waals surface area (Å²) >= 11 is 2.82. The molecule has 4 nitrogen and oxygen atoms in total. The van der Waals surface area contributed by atoms with Crippen LogP contribution in [0, 0.1) is 5.82 Å². The lowest BCUT2D eigenvalue weighted by Crippen LogP contribution is -2.19. The van der Waals surface area contributed by atoms with Gasteiger partial charge in [-0.2, -0.15) is 5.10 Å². The second-order valence-electron chi connectivity index (χ2n) is 3.82. The highest BCUT2D eigenvalue weighted by Crippen LogP contribution is 2.23. The lowest BCUT2D eigenvalue weighted by Gasteiger charge is -1.96. The molecule has 0 unspecified atom stereocenters. The van der Waals surface area contributed by atoms with Gasteiger partial charge in [-0.15, -0.1) is 16.4 Å². The second kappa shape index (κ2) is 5.10. The molecule has 0 aliphatic carbocycles. The molecule has 7 heteroatoms. The highest BCUT2D eigenvalue weighted by molar-refractivity contribution is 8.15. The van der Waals surface area contributed by atoms with Crippen LogP contribution in [0.5, 0.6) is 0 Å². The number of amidine groups is 1. The fraction of sp³-hybridized carbons (Fsp3) is 0.0833. The lowest BCUT2D eigenvalue weighted by molar-refractivity contribution is -0.116. The van der Waals surface area contributed by atoms with Gasteiger partial charge in [0.05, 0.1) is 12.0 Å². The maximum absolute atomic E-state index is 13.7. The number of carbonyl (C=O) groups excluding carboxylic acids is 1. The molecule has 0 spiro atoms. The number of carbonyl (C=O) groups is 1. The minimum Gasteiger partial charge on any atom is -0.303 e. The Balaban J connectivity index is 1.84. The van der Waals surface area contributed by atoms with Gasteiger partial charge in [0.15, 0.2) is 5.17 Å². The number of thiophene rings is 1. The molecular weight excluding hydrogens is 285 g/mol. The van der Waals surface area contributed by atoms with Gasteiger partial charge in [0.1, 0.15) is 5.82 Å². The van der Waals surface area contributed by atoms with E-state index in [2.05, 4.69) is 15.5 Å². The summed E-state index contributed by atoms with van der Waals surface area (Å²) in [5, 5.41) is 13.4.